The lowest BCUT2D eigenvalue weighted by atomic mass is 10.3. The van der Waals surface area contributed by atoms with Crippen molar-refractivity contribution >= 4 is 10.0 Å². The van der Waals surface area contributed by atoms with E-state index in [0.717, 1.165) is 6.42 Å². The van der Waals surface area contributed by atoms with Gasteiger partial charge in [0.1, 0.15) is 0 Å². The summed E-state index contributed by atoms with van der Waals surface area (Å²) < 4.78 is 29.5. The Morgan fingerprint density at radius 3 is 2.62 bits per heavy atom. The third kappa shape index (κ3) is 8.17. The maximum atomic E-state index is 11.2. The number of ether oxygens (including phenoxy) is 1. The summed E-state index contributed by atoms with van der Waals surface area (Å²) in [5.41, 5.74) is 5.24. The number of nitrogens with one attached hydrogen (secondary N) is 1. The van der Waals surface area contributed by atoms with Crippen LogP contribution < -0.4 is 10.5 Å². The molecule has 0 unspecified atom stereocenters. The van der Waals surface area contributed by atoms with Crippen LogP contribution in [0.1, 0.15) is 12.8 Å². The van der Waals surface area contributed by atoms with Crippen molar-refractivity contribution in [1.82, 2.24) is 4.72 Å². The predicted octanol–water partition coefficient (Wildman–Crippen LogP) is -0.709. The third-order valence-electron chi connectivity index (χ3n) is 1.50. The Hall–Kier alpha value is -0.170. The number of hydrogen-bond donors (Lipinski definition) is 2. The molecular formula is C7H18N2O3S. The highest BCUT2D eigenvalue weighted by Gasteiger charge is 2.07. The minimum absolute atomic E-state index is 0.147. The zero-order chi connectivity index (χ0) is 10.2. The van der Waals surface area contributed by atoms with E-state index in [9.17, 15) is 8.42 Å². The van der Waals surface area contributed by atoms with Gasteiger partial charge < -0.3 is 10.5 Å². The molecule has 0 heterocycles. The smallest absolute Gasteiger partial charge is 0.211 e. The van der Waals surface area contributed by atoms with Crippen molar-refractivity contribution in [2.75, 3.05) is 32.6 Å². The molecule has 0 fully saturated rings. The zero-order valence-corrected chi connectivity index (χ0v) is 8.77. The van der Waals surface area contributed by atoms with Crippen molar-refractivity contribution < 1.29 is 13.2 Å². The van der Waals surface area contributed by atoms with E-state index in [-0.39, 0.29) is 5.75 Å². The van der Waals surface area contributed by atoms with Gasteiger partial charge in [0.05, 0.1) is 12.4 Å². The van der Waals surface area contributed by atoms with Gasteiger partial charge in [-0.3, -0.25) is 0 Å². The van der Waals surface area contributed by atoms with Crippen LogP contribution in [0.5, 0.6) is 0 Å². The molecule has 0 aromatic heterocycles. The van der Waals surface area contributed by atoms with E-state index in [1.807, 2.05) is 0 Å². The Morgan fingerprint density at radius 1 is 1.38 bits per heavy atom. The van der Waals surface area contributed by atoms with Crippen LogP contribution in [-0.2, 0) is 14.8 Å². The largest absolute Gasteiger partial charge is 0.383 e. The van der Waals surface area contributed by atoms with Crippen LogP contribution in [0.25, 0.3) is 0 Å². The SMILES string of the molecule is COCCNS(=O)(=O)CCCCN. The van der Waals surface area contributed by atoms with Crippen LogP contribution in [0.2, 0.25) is 0 Å². The highest BCUT2D eigenvalue weighted by atomic mass is 32.2. The van der Waals surface area contributed by atoms with Gasteiger partial charge in [-0.2, -0.15) is 0 Å². The first-order valence-electron chi connectivity index (χ1n) is 4.28. The molecule has 0 saturated carbocycles. The van der Waals surface area contributed by atoms with Crippen LogP contribution in [0, 0.1) is 0 Å². The molecule has 0 rings (SSSR count). The Bertz CT molecular complexity index is 188. The fourth-order valence-corrected chi connectivity index (χ4v) is 1.93. The number of unbranched alkanes of at least 4 members (excludes halogenated alkanes) is 1. The number of nitrogens with two attached hydrogens (primary N) is 1. The fourth-order valence-electron chi connectivity index (χ4n) is 0.808. The van der Waals surface area contributed by atoms with E-state index in [1.54, 1.807) is 0 Å². The number of rotatable bonds is 8. The van der Waals surface area contributed by atoms with Gasteiger partial charge in [0.15, 0.2) is 0 Å². The standard InChI is InChI=1S/C7H18N2O3S/c1-12-6-5-9-13(10,11)7-3-2-4-8/h9H,2-8H2,1H3. The van der Waals surface area contributed by atoms with Gasteiger partial charge in [0, 0.05) is 13.7 Å². The molecule has 0 radical (unpaired) electrons. The summed E-state index contributed by atoms with van der Waals surface area (Å²) in [7, 11) is -1.58. The lowest BCUT2D eigenvalue weighted by Crippen LogP contribution is -2.29. The van der Waals surface area contributed by atoms with Crippen LogP contribution in [-0.4, -0.2) is 41.0 Å². The molecule has 0 spiro atoms. The molecule has 0 aromatic rings. The van der Waals surface area contributed by atoms with E-state index in [2.05, 4.69) is 4.72 Å². The first-order chi connectivity index (χ1) is 6.12. The van der Waals surface area contributed by atoms with Crippen molar-refractivity contribution in [2.45, 2.75) is 12.8 Å². The van der Waals surface area contributed by atoms with E-state index in [1.165, 1.54) is 7.11 Å². The molecule has 0 aromatic carbocycles. The quantitative estimate of drug-likeness (QED) is 0.519. The molecular weight excluding hydrogens is 192 g/mol. The lowest BCUT2D eigenvalue weighted by Gasteiger charge is -2.04. The molecule has 0 saturated heterocycles. The highest BCUT2D eigenvalue weighted by Crippen LogP contribution is 1.92. The average molecular weight is 210 g/mol. The molecule has 5 nitrogen and oxygen atoms in total. The lowest BCUT2D eigenvalue weighted by molar-refractivity contribution is 0.204. The Kier molecular flexibility index (Phi) is 7.16. The van der Waals surface area contributed by atoms with Gasteiger partial charge in [0.2, 0.25) is 10.0 Å². The van der Waals surface area contributed by atoms with Gasteiger partial charge in [-0.25, -0.2) is 13.1 Å². The minimum Gasteiger partial charge on any atom is -0.383 e. The second-order valence-corrected chi connectivity index (χ2v) is 4.63. The first kappa shape index (κ1) is 12.8. The molecule has 0 amide bonds. The molecule has 0 bridgehead atoms. The summed E-state index contributed by atoms with van der Waals surface area (Å²) in [5.74, 6) is 0.147. The van der Waals surface area contributed by atoms with E-state index in [4.69, 9.17) is 10.5 Å². The number of sulfonamides is 1. The van der Waals surface area contributed by atoms with Gasteiger partial charge in [-0.05, 0) is 19.4 Å². The maximum absolute atomic E-state index is 11.2. The van der Waals surface area contributed by atoms with E-state index in [0.29, 0.717) is 26.1 Å². The summed E-state index contributed by atoms with van der Waals surface area (Å²) in [6.45, 7) is 1.27. The summed E-state index contributed by atoms with van der Waals surface area (Å²) in [4.78, 5) is 0. The van der Waals surface area contributed by atoms with Gasteiger partial charge in [-0.15, -0.1) is 0 Å². The number of methoxy groups -OCH3 is 1. The molecule has 0 aliphatic heterocycles. The van der Waals surface area contributed by atoms with Crippen molar-refractivity contribution in [3.63, 3.8) is 0 Å². The predicted molar refractivity (Wildman–Crippen MR) is 52.0 cm³/mol. The monoisotopic (exact) mass is 210 g/mol. The Balaban J connectivity index is 3.55. The second kappa shape index (κ2) is 7.25. The van der Waals surface area contributed by atoms with E-state index >= 15 is 0 Å². The summed E-state index contributed by atoms with van der Waals surface area (Å²) >= 11 is 0. The van der Waals surface area contributed by atoms with E-state index < -0.39 is 10.0 Å². The fraction of sp³-hybridized carbons (Fsp3) is 1.00. The molecule has 13 heavy (non-hydrogen) atoms. The molecule has 80 valence electrons. The van der Waals surface area contributed by atoms with Crippen molar-refractivity contribution in [3.8, 4) is 0 Å². The van der Waals surface area contributed by atoms with Crippen LogP contribution in [0.3, 0.4) is 0 Å². The average Bonchev–Trinajstić information content (AvgIpc) is 2.05. The minimum atomic E-state index is -3.11. The molecule has 6 heteroatoms. The van der Waals surface area contributed by atoms with Crippen molar-refractivity contribution in [3.05, 3.63) is 0 Å². The van der Waals surface area contributed by atoms with Crippen LogP contribution in [0.4, 0.5) is 0 Å². The van der Waals surface area contributed by atoms with Gasteiger partial charge in [-0.1, -0.05) is 0 Å². The zero-order valence-electron chi connectivity index (χ0n) is 7.95. The Morgan fingerprint density at radius 2 is 2.08 bits per heavy atom. The Labute approximate surface area is 79.7 Å². The van der Waals surface area contributed by atoms with Crippen LogP contribution in [0.15, 0.2) is 0 Å². The normalized spacial score (nSPS) is 11.8. The second-order valence-electron chi connectivity index (χ2n) is 2.70. The van der Waals surface area contributed by atoms with Crippen molar-refractivity contribution in [2.24, 2.45) is 5.73 Å². The van der Waals surface area contributed by atoms with Gasteiger partial charge >= 0.3 is 0 Å². The number of hydrogen-bond acceptors (Lipinski definition) is 4. The van der Waals surface area contributed by atoms with Crippen molar-refractivity contribution in [1.29, 1.82) is 0 Å². The molecule has 0 aliphatic carbocycles. The highest BCUT2D eigenvalue weighted by molar-refractivity contribution is 7.89. The first-order valence-corrected chi connectivity index (χ1v) is 5.94. The third-order valence-corrected chi connectivity index (χ3v) is 2.97. The molecule has 0 aliphatic rings. The van der Waals surface area contributed by atoms with Gasteiger partial charge in [0.25, 0.3) is 0 Å². The topological polar surface area (TPSA) is 81.4 Å². The maximum Gasteiger partial charge on any atom is 0.211 e. The van der Waals surface area contributed by atoms with Crippen LogP contribution >= 0.6 is 0 Å². The molecule has 0 atom stereocenters. The molecule has 3 N–H and O–H groups in total. The summed E-state index contributed by atoms with van der Waals surface area (Å²) in [5, 5.41) is 0. The summed E-state index contributed by atoms with van der Waals surface area (Å²) in [6.07, 6.45) is 1.35. The summed E-state index contributed by atoms with van der Waals surface area (Å²) in [6, 6.07) is 0.